The zero-order valence-electron chi connectivity index (χ0n) is 13.5. The lowest BCUT2D eigenvalue weighted by molar-refractivity contribution is 0.712. The van der Waals surface area contributed by atoms with Crippen molar-refractivity contribution in [3.05, 3.63) is 53.3 Å². The molecule has 120 valence electrons. The van der Waals surface area contributed by atoms with Gasteiger partial charge in [0.1, 0.15) is 0 Å². The number of aromatic nitrogens is 3. The van der Waals surface area contributed by atoms with Crippen LogP contribution >= 0.6 is 0 Å². The average molecular weight is 309 g/mol. The molecule has 0 unspecified atom stereocenters. The van der Waals surface area contributed by atoms with E-state index >= 15 is 0 Å². The fourth-order valence-corrected chi connectivity index (χ4v) is 2.73. The van der Waals surface area contributed by atoms with Crippen LogP contribution in [-0.2, 0) is 13.0 Å². The molecular weight excluding hydrogens is 286 g/mol. The van der Waals surface area contributed by atoms with E-state index < -0.39 is 0 Å². The lowest BCUT2D eigenvalue weighted by atomic mass is 10.1. The Balaban J connectivity index is 1.98. The number of fused-ring (bicyclic) bond motifs is 1. The Hall–Kier alpha value is -2.24. The van der Waals surface area contributed by atoms with E-state index in [-0.39, 0.29) is 0 Å². The standard InChI is InChI=1S/C18H23N5/c1-13-10-18-21-12-17(15-7-5-14(11-20)6-8-15)23(18)22-16(13)4-2-3-9-19/h5-8,10,12H,2-4,9,11,19-20H2,1H3. The third kappa shape index (κ3) is 3.25. The fourth-order valence-electron chi connectivity index (χ4n) is 2.73. The van der Waals surface area contributed by atoms with Crippen LogP contribution in [0.15, 0.2) is 36.5 Å². The van der Waals surface area contributed by atoms with Crippen LogP contribution in [0.2, 0.25) is 0 Å². The van der Waals surface area contributed by atoms with E-state index in [1.165, 1.54) is 5.56 Å². The molecule has 0 fully saturated rings. The van der Waals surface area contributed by atoms with E-state index in [2.05, 4.69) is 30.1 Å². The maximum Gasteiger partial charge on any atom is 0.154 e. The van der Waals surface area contributed by atoms with Gasteiger partial charge >= 0.3 is 0 Å². The summed E-state index contributed by atoms with van der Waals surface area (Å²) in [7, 11) is 0. The molecule has 1 aromatic carbocycles. The molecule has 23 heavy (non-hydrogen) atoms. The summed E-state index contributed by atoms with van der Waals surface area (Å²) in [6.07, 6.45) is 4.91. The summed E-state index contributed by atoms with van der Waals surface area (Å²) in [4.78, 5) is 4.49. The summed E-state index contributed by atoms with van der Waals surface area (Å²) in [5.74, 6) is 0. The first-order valence-electron chi connectivity index (χ1n) is 8.06. The normalized spacial score (nSPS) is 11.3. The Morgan fingerprint density at radius 1 is 1.09 bits per heavy atom. The topological polar surface area (TPSA) is 82.2 Å². The monoisotopic (exact) mass is 309 g/mol. The van der Waals surface area contributed by atoms with Crippen molar-refractivity contribution in [3.63, 3.8) is 0 Å². The van der Waals surface area contributed by atoms with Crippen LogP contribution in [0.5, 0.6) is 0 Å². The molecule has 3 rings (SSSR count). The molecule has 2 aromatic heterocycles. The molecule has 5 heteroatoms. The van der Waals surface area contributed by atoms with Gasteiger partial charge in [-0.2, -0.15) is 5.10 Å². The van der Waals surface area contributed by atoms with Gasteiger partial charge in [0.05, 0.1) is 17.6 Å². The van der Waals surface area contributed by atoms with Crippen LogP contribution in [-0.4, -0.2) is 21.1 Å². The van der Waals surface area contributed by atoms with Gasteiger partial charge in [0.2, 0.25) is 0 Å². The summed E-state index contributed by atoms with van der Waals surface area (Å²) in [6, 6.07) is 10.3. The molecule has 3 aromatic rings. The lowest BCUT2D eigenvalue weighted by Gasteiger charge is -2.08. The number of hydrogen-bond acceptors (Lipinski definition) is 4. The van der Waals surface area contributed by atoms with Crippen LogP contribution < -0.4 is 11.5 Å². The number of hydrogen-bond donors (Lipinski definition) is 2. The van der Waals surface area contributed by atoms with Crippen LogP contribution in [0.1, 0.15) is 29.7 Å². The zero-order chi connectivity index (χ0) is 16.2. The van der Waals surface area contributed by atoms with Crippen molar-refractivity contribution in [1.29, 1.82) is 0 Å². The van der Waals surface area contributed by atoms with Gasteiger partial charge in [-0.15, -0.1) is 0 Å². The summed E-state index contributed by atoms with van der Waals surface area (Å²) < 4.78 is 1.93. The van der Waals surface area contributed by atoms with Crippen LogP contribution in [0.4, 0.5) is 0 Å². The molecule has 0 bridgehead atoms. The Labute approximate surface area is 136 Å². The lowest BCUT2D eigenvalue weighted by Crippen LogP contribution is -2.05. The van der Waals surface area contributed by atoms with Gasteiger partial charge in [-0.05, 0) is 49.9 Å². The number of nitrogens with two attached hydrogens (primary N) is 2. The first kappa shape index (κ1) is 15.6. The first-order chi connectivity index (χ1) is 11.2. The summed E-state index contributed by atoms with van der Waals surface area (Å²) in [5, 5.41) is 4.81. The van der Waals surface area contributed by atoms with Crippen molar-refractivity contribution in [1.82, 2.24) is 14.6 Å². The second-order valence-electron chi connectivity index (χ2n) is 5.83. The van der Waals surface area contributed by atoms with Crippen LogP contribution in [0.25, 0.3) is 16.9 Å². The van der Waals surface area contributed by atoms with Gasteiger partial charge in [0.15, 0.2) is 5.65 Å². The first-order valence-corrected chi connectivity index (χ1v) is 8.06. The molecular formula is C18H23N5. The maximum absolute atomic E-state index is 5.66. The largest absolute Gasteiger partial charge is 0.330 e. The molecule has 0 atom stereocenters. The highest BCUT2D eigenvalue weighted by Crippen LogP contribution is 2.22. The number of aryl methyl sites for hydroxylation is 2. The molecule has 0 aliphatic rings. The summed E-state index contributed by atoms with van der Waals surface area (Å²) in [5.41, 5.74) is 17.6. The highest BCUT2D eigenvalue weighted by atomic mass is 15.3. The van der Waals surface area contributed by atoms with Crippen molar-refractivity contribution in [2.24, 2.45) is 11.5 Å². The third-order valence-electron chi connectivity index (χ3n) is 4.14. The molecule has 4 N–H and O–H groups in total. The minimum Gasteiger partial charge on any atom is -0.330 e. The Morgan fingerprint density at radius 2 is 1.87 bits per heavy atom. The molecule has 0 radical (unpaired) electrons. The van der Waals surface area contributed by atoms with Crippen molar-refractivity contribution in [3.8, 4) is 11.3 Å². The molecule has 0 saturated carbocycles. The molecule has 2 heterocycles. The van der Waals surface area contributed by atoms with Crippen LogP contribution in [0, 0.1) is 6.92 Å². The SMILES string of the molecule is Cc1cc2ncc(-c3ccc(CN)cc3)n2nc1CCCCN. The third-order valence-corrected chi connectivity index (χ3v) is 4.14. The van der Waals surface area contributed by atoms with Gasteiger partial charge in [-0.25, -0.2) is 9.50 Å². The minimum atomic E-state index is 0.552. The highest BCUT2D eigenvalue weighted by molar-refractivity contribution is 5.63. The maximum atomic E-state index is 5.66. The van der Waals surface area contributed by atoms with E-state index in [1.54, 1.807) is 0 Å². The van der Waals surface area contributed by atoms with E-state index in [9.17, 15) is 0 Å². The number of imidazole rings is 1. The zero-order valence-corrected chi connectivity index (χ0v) is 13.5. The second kappa shape index (κ2) is 6.89. The summed E-state index contributed by atoms with van der Waals surface area (Å²) in [6.45, 7) is 3.37. The Kier molecular flexibility index (Phi) is 4.69. The van der Waals surface area contributed by atoms with Gasteiger partial charge < -0.3 is 11.5 Å². The van der Waals surface area contributed by atoms with E-state index in [4.69, 9.17) is 16.6 Å². The quantitative estimate of drug-likeness (QED) is 0.685. The van der Waals surface area contributed by atoms with Gasteiger partial charge in [-0.3, -0.25) is 0 Å². The molecule has 0 saturated heterocycles. The van der Waals surface area contributed by atoms with Crippen molar-refractivity contribution >= 4 is 5.65 Å². The van der Waals surface area contributed by atoms with E-state index in [1.807, 2.05) is 22.8 Å². The average Bonchev–Trinajstić information content (AvgIpc) is 2.98. The van der Waals surface area contributed by atoms with Crippen molar-refractivity contribution < 1.29 is 0 Å². The molecule has 0 spiro atoms. The van der Waals surface area contributed by atoms with Crippen molar-refractivity contribution in [2.75, 3.05) is 6.54 Å². The van der Waals surface area contributed by atoms with Gasteiger partial charge in [-0.1, -0.05) is 24.3 Å². The smallest absolute Gasteiger partial charge is 0.154 e. The Bertz CT molecular complexity index is 789. The minimum absolute atomic E-state index is 0.552. The van der Waals surface area contributed by atoms with E-state index in [0.717, 1.165) is 54.0 Å². The predicted octanol–water partition coefficient (Wildman–Crippen LogP) is 2.44. The number of benzene rings is 1. The van der Waals surface area contributed by atoms with E-state index in [0.29, 0.717) is 6.54 Å². The fraction of sp³-hybridized carbons (Fsp3) is 0.333. The van der Waals surface area contributed by atoms with Gasteiger partial charge in [0, 0.05) is 12.1 Å². The summed E-state index contributed by atoms with van der Waals surface area (Å²) >= 11 is 0. The molecule has 0 amide bonds. The Morgan fingerprint density at radius 3 is 2.57 bits per heavy atom. The number of nitrogens with zero attached hydrogens (tertiary/aromatic N) is 3. The molecule has 0 aliphatic heterocycles. The number of unbranched alkanes of at least 4 members (excludes halogenated alkanes) is 1. The molecule has 5 nitrogen and oxygen atoms in total. The second-order valence-corrected chi connectivity index (χ2v) is 5.83. The predicted molar refractivity (Wildman–Crippen MR) is 93.0 cm³/mol. The van der Waals surface area contributed by atoms with Gasteiger partial charge in [0.25, 0.3) is 0 Å². The van der Waals surface area contributed by atoms with Crippen molar-refractivity contribution in [2.45, 2.75) is 32.7 Å². The van der Waals surface area contributed by atoms with Crippen LogP contribution in [0.3, 0.4) is 0 Å². The number of rotatable bonds is 6. The highest BCUT2D eigenvalue weighted by Gasteiger charge is 2.10. The molecule has 0 aliphatic carbocycles.